The van der Waals surface area contributed by atoms with Gasteiger partial charge < -0.3 is 14.4 Å². The van der Waals surface area contributed by atoms with Crippen molar-refractivity contribution in [3.8, 4) is 0 Å². The maximum atomic E-state index is 12.0. The average molecular weight is 257 g/mol. The molecular weight excluding hydrogens is 238 g/mol. The average Bonchev–Trinajstić information content (AvgIpc) is 2.80. The van der Waals surface area contributed by atoms with Crippen LogP contribution in [0.5, 0.6) is 0 Å². The lowest BCUT2D eigenvalue weighted by atomic mass is 10.0. The normalized spacial score (nSPS) is 23.1. The highest BCUT2D eigenvalue weighted by atomic mass is 16.5. The van der Waals surface area contributed by atoms with E-state index < -0.39 is 23.9 Å². The minimum atomic E-state index is -0.864. The van der Waals surface area contributed by atoms with Crippen LogP contribution in [0.3, 0.4) is 0 Å². The molecule has 18 heavy (non-hydrogen) atoms. The van der Waals surface area contributed by atoms with E-state index in [1.807, 2.05) is 0 Å². The van der Waals surface area contributed by atoms with Gasteiger partial charge in [0.2, 0.25) is 5.91 Å². The summed E-state index contributed by atoms with van der Waals surface area (Å²) in [6, 6.07) is -0.864. The number of hydrogen-bond donors (Lipinski definition) is 0. The number of likely N-dealkylation sites (tertiary alicyclic amines) is 1. The van der Waals surface area contributed by atoms with Gasteiger partial charge in [0.25, 0.3) is 0 Å². The lowest BCUT2D eigenvalue weighted by molar-refractivity contribution is -0.159. The van der Waals surface area contributed by atoms with Gasteiger partial charge in [-0.3, -0.25) is 9.59 Å². The summed E-state index contributed by atoms with van der Waals surface area (Å²) < 4.78 is 9.34. The van der Waals surface area contributed by atoms with Gasteiger partial charge in [0.15, 0.2) is 0 Å². The Morgan fingerprint density at radius 2 is 1.67 bits per heavy atom. The molecule has 6 nitrogen and oxygen atoms in total. The number of amides is 1. The van der Waals surface area contributed by atoms with Crippen molar-refractivity contribution in [3.05, 3.63) is 0 Å². The van der Waals surface area contributed by atoms with E-state index in [-0.39, 0.29) is 11.8 Å². The van der Waals surface area contributed by atoms with E-state index in [1.165, 1.54) is 19.1 Å². The third-order valence-corrected chi connectivity index (χ3v) is 3.12. The van der Waals surface area contributed by atoms with Crippen molar-refractivity contribution >= 4 is 17.8 Å². The fraction of sp³-hybridized carbons (Fsp3) is 0.750. The largest absolute Gasteiger partial charge is 0.469 e. The van der Waals surface area contributed by atoms with Gasteiger partial charge in [-0.15, -0.1) is 0 Å². The zero-order valence-electron chi connectivity index (χ0n) is 11.1. The molecule has 102 valence electrons. The second kappa shape index (κ2) is 5.84. The summed E-state index contributed by atoms with van der Waals surface area (Å²) in [7, 11) is 2.51. The molecule has 0 aromatic heterocycles. The molecule has 0 spiro atoms. The Morgan fingerprint density at radius 3 is 2.11 bits per heavy atom. The van der Waals surface area contributed by atoms with Crippen LogP contribution in [0.2, 0.25) is 0 Å². The summed E-state index contributed by atoms with van der Waals surface area (Å²) in [5, 5.41) is 0. The van der Waals surface area contributed by atoms with E-state index in [0.717, 1.165) is 0 Å². The molecule has 0 radical (unpaired) electrons. The summed E-state index contributed by atoms with van der Waals surface area (Å²) in [5.41, 5.74) is 0. The minimum absolute atomic E-state index is 0.156. The SMILES string of the molecule is COC(=O)[C@@H]1CCN(C(=O)C(C)C)[C@H]1C(=O)OC. The lowest BCUT2D eigenvalue weighted by Gasteiger charge is -2.26. The Labute approximate surface area is 106 Å². The quantitative estimate of drug-likeness (QED) is 0.676. The van der Waals surface area contributed by atoms with E-state index in [2.05, 4.69) is 9.47 Å². The van der Waals surface area contributed by atoms with Crippen LogP contribution in [0.15, 0.2) is 0 Å². The van der Waals surface area contributed by atoms with Crippen LogP contribution in [-0.4, -0.2) is 49.6 Å². The highest BCUT2D eigenvalue weighted by Crippen LogP contribution is 2.28. The summed E-state index contributed by atoms with van der Waals surface area (Å²) in [4.78, 5) is 36.8. The second-order valence-electron chi connectivity index (χ2n) is 4.57. The monoisotopic (exact) mass is 257 g/mol. The van der Waals surface area contributed by atoms with E-state index in [9.17, 15) is 14.4 Å². The first-order valence-electron chi connectivity index (χ1n) is 5.90. The minimum Gasteiger partial charge on any atom is -0.469 e. The zero-order valence-corrected chi connectivity index (χ0v) is 11.1. The van der Waals surface area contributed by atoms with Crippen molar-refractivity contribution in [3.63, 3.8) is 0 Å². The van der Waals surface area contributed by atoms with Crippen molar-refractivity contribution in [2.45, 2.75) is 26.3 Å². The molecule has 1 heterocycles. The predicted octanol–water partition coefficient (Wildman–Crippen LogP) is 0.205. The van der Waals surface area contributed by atoms with Crippen LogP contribution in [0.25, 0.3) is 0 Å². The molecule has 0 aromatic carbocycles. The molecule has 2 atom stereocenters. The van der Waals surface area contributed by atoms with E-state index >= 15 is 0 Å². The van der Waals surface area contributed by atoms with Crippen molar-refractivity contribution in [1.29, 1.82) is 0 Å². The van der Waals surface area contributed by atoms with Crippen molar-refractivity contribution in [2.75, 3.05) is 20.8 Å². The molecule has 0 bridgehead atoms. The molecule has 6 heteroatoms. The molecule has 1 aliphatic rings. The first-order chi connectivity index (χ1) is 8.43. The molecule has 1 amide bonds. The number of nitrogens with zero attached hydrogens (tertiary/aromatic N) is 1. The highest BCUT2D eigenvalue weighted by molar-refractivity contribution is 5.91. The highest BCUT2D eigenvalue weighted by Gasteiger charge is 2.47. The molecule has 1 saturated heterocycles. The Morgan fingerprint density at radius 1 is 1.11 bits per heavy atom. The Hall–Kier alpha value is -1.59. The van der Waals surface area contributed by atoms with E-state index in [0.29, 0.717) is 13.0 Å². The Balaban J connectivity index is 2.97. The van der Waals surface area contributed by atoms with Gasteiger partial charge in [0.1, 0.15) is 6.04 Å². The van der Waals surface area contributed by atoms with Crippen molar-refractivity contribution in [1.82, 2.24) is 4.90 Å². The maximum absolute atomic E-state index is 12.0. The van der Waals surface area contributed by atoms with Crippen LogP contribution in [0.1, 0.15) is 20.3 Å². The smallest absolute Gasteiger partial charge is 0.329 e. The Bertz CT molecular complexity index is 352. The van der Waals surface area contributed by atoms with Gasteiger partial charge in [-0.25, -0.2) is 4.79 Å². The first-order valence-corrected chi connectivity index (χ1v) is 5.90. The number of ether oxygens (including phenoxy) is 2. The molecule has 0 unspecified atom stereocenters. The van der Waals surface area contributed by atoms with Crippen LogP contribution in [0, 0.1) is 11.8 Å². The summed E-state index contributed by atoms with van der Waals surface area (Å²) >= 11 is 0. The molecule has 1 fully saturated rings. The standard InChI is InChI=1S/C12H19NO5/c1-7(2)10(14)13-6-5-8(11(15)17-3)9(13)12(16)18-4/h7-9H,5-6H2,1-4H3/t8-,9-/m1/s1. The molecule has 0 saturated carbocycles. The van der Waals surface area contributed by atoms with Crippen LogP contribution >= 0.6 is 0 Å². The maximum Gasteiger partial charge on any atom is 0.329 e. The molecule has 0 aromatic rings. The second-order valence-corrected chi connectivity index (χ2v) is 4.57. The molecule has 1 aliphatic heterocycles. The fourth-order valence-electron chi connectivity index (χ4n) is 2.18. The topological polar surface area (TPSA) is 72.9 Å². The van der Waals surface area contributed by atoms with E-state index in [1.54, 1.807) is 13.8 Å². The van der Waals surface area contributed by atoms with Gasteiger partial charge in [0.05, 0.1) is 20.1 Å². The van der Waals surface area contributed by atoms with Gasteiger partial charge in [-0.2, -0.15) is 0 Å². The van der Waals surface area contributed by atoms with Crippen LogP contribution < -0.4 is 0 Å². The third-order valence-electron chi connectivity index (χ3n) is 3.12. The third kappa shape index (κ3) is 2.63. The van der Waals surface area contributed by atoms with Gasteiger partial charge in [0, 0.05) is 12.5 Å². The number of carbonyl (C=O) groups excluding carboxylic acids is 3. The van der Waals surface area contributed by atoms with Gasteiger partial charge in [-0.1, -0.05) is 13.8 Å². The molecule has 0 aliphatic carbocycles. The predicted molar refractivity (Wildman–Crippen MR) is 62.5 cm³/mol. The lowest BCUT2D eigenvalue weighted by Crippen LogP contribution is -2.47. The molecular formula is C12H19NO5. The summed E-state index contributed by atoms with van der Waals surface area (Å²) in [5.74, 6) is -2.07. The van der Waals surface area contributed by atoms with Crippen molar-refractivity contribution < 1.29 is 23.9 Å². The number of methoxy groups -OCH3 is 2. The van der Waals surface area contributed by atoms with Gasteiger partial charge >= 0.3 is 11.9 Å². The zero-order chi connectivity index (χ0) is 13.9. The van der Waals surface area contributed by atoms with Gasteiger partial charge in [-0.05, 0) is 6.42 Å². The fourth-order valence-corrected chi connectivity index (χ4v) is 2.18. The number of rotatable bonds is 3. The van der Waals surface area contributed by atoms with E-state index in [4.69, 9.17) is 0 Å². The van der Waals surface area contributed by atoms with Crippen LogP contribution in [-0.2, 0) is 23.9 Å². The molecule has 1 rings (SSSR count). The van der Waals surface area contributed by atoms with Crippen molar-refractivity contribution in [2.24, 2.45) is 11.8 Å². The number of hydrogen-bond acceptors (Lipinski definition) is 5. The summed E-state index contributed by atoms with van der Waals surface area (Å²) in [6.07, 6.45) is 0.422. The van der Waals surface area contributed by atoms with Crippen LogP contribution in [0.4, 0.5) is 0 Å². The number of esters is 2. The summed E-state index contributed by atoms with van der Waals surface area (Å²) in [6.45, 7) is 3.88. The first kappa shape index (κ1) is 14.5. The Kier molecular flexibility index (Phi) is 4.69. The molecule has 0 N–H and O–H groups in total. The number of carbonyl (C=O) groups is 3.